The first-order valence-electron chi connectivity index (χ1n) is 7.42. The minimum Gasteiger partial charge on any atom is -0.508 e. The van der Waals surface area contributed by atoms with E-state index in [2.05, 4.69) is 20.8 Å². The number of hydrogen-bond acceptors (Lipinski definition) is 4. The van der Waals surface area contributed by atoms with Crippen molar-refractivity contribution in [2.45, 2.75) is 59.0 Å². The molecule has 126 valence electrons. The van der Waals surface area contributed by atoms with Crippen molar-refractivity contribution in [3.63, 3.8) is 0 Å². The second-order valence-electron chi connectivity index (χ2n) is 7.75. The van der Waals surface area contributed by atoms with Crippen molar-refractivity contribution in [1.82, 2.24) is 0 Å². The molecule has 0 heterocycles. The minimum absolute atomic E-state index is 0.155. The lowest BCUT2D eigenvalue weighted by Crippen LogP contribution is -2.18. The van der Waals surface area contributed by atoms with Crippen LogP contribution in [-0.4, -0.2) is 18.9 Å². The highest BCUT2D eigenvalue weighted by molar-refractivity contribution is 7.52. The molecule has 0 saturated carbocycles. The maximum Gasteiger partial charge on any atom is 0.327 e. The Morgan fingerprint density at radius 3 is 1.95 bits per heavy atom. The number of rotatable bonds is 4. The second kappa shape index (κ2) is 6.35. The maximum absolute atomic E-state index is 12.0. The quantitative estimate of drug-likeness (QED) is 0.793. The van der Waals surface area contributed by atoms with Crippen molar-refractivity contribution in [2.75, 3.05) is 13.8 Å². The molecule has 0 saturated heterocycles. The second-order valence-corrected chi connectivity index (χ2v) is 9.92. The van der Waals surface area contributed by atoms with Crippen LogP contribution in [0.1, 0.15) is 58.2 Å². The third-order valence-corrected chi connectivity index (χ3v) is 4.89. The SMILES string of the molecule is COP(C)(=O)OCc1cc(C(C)(C)C)c(O)cc1C(C)(C)C. The van der Waals surface area contributed by atoms with Crippen molar-refractivity contribution in [3.05, 3.63) is 28.8 Å². The van der Waals surface area contributed by atoms with E-state index in [0.717, 1.165) is 16.7 Å². The van der Waals surface area contributed by atoms with E-state index in [4.69, 9.17) is 9.05 Å². The van der Waals surface area contributed by atoms with Crippen molar-refractivity contribution in [3.8, 4) is 5.75 Å². The summed E-state index contributed by atoms with van der Waals surface area (Å²) in [4.78, 5) is 0. The molecule has 0 spiro atoms. The van der Waals surface area contributed by atoms with Crippen LogP contribution in [0.5, 0.6) is 5.75 Å². The van der Waals surface area contributed by atoms with Crippen LogP contribution in [0.25, 0.3) is 0 Å². The molecule has 0 aliphatic carbocycles. The molecule has 4 nitrogen and oxygen atoms in total. The largest absolute Gasteiger partial charge is 0.508 e. The Labute approximate surface area is 134 Å². The van der Waals surface area contributed by atoms with Crippen LogP contribution in [0.15, 0.2) is 12.1 Å². The fourth-order valence-electron chi connectivity index (χ4n) is 2.29. The molecule has 0 aromatic heterocycles. The lowest BCUT2D eigenvalue weighted by Gasteiger charge is -2.28. The molecule has 5 heteroatoms. The normalized spacial score (nSPS) is 15.6. The Morgan fingerprint density at radius 2 is 1.55 bits per heavy atom. The van der Waals surface area contributed by atoms with Crippen molar-refractivity contribution >= 4 is 7.60 Å². The summed E-state index contributed by atoms with van der Waals surface area (Å²) in [6, 6.07) is 3.75. The first-order chi connectivity index (χ1) is 9.78. The fraction of sp³-hybridized carbons (Fsp3) is 0.647. The van der Waals surface area contributed by atoms with Gasteiger partial charge in [-0.1, -0.05) is 41.5 Å². The predicted octanol–water partition coefficient (Wildman–Crippen LogP) is 4.97. The molecule has 22 heavy (non-hydrogen) atoms. The highest BCUT2D eigenvalue weighted by atomic mass is 31.2. The van der Waals surface area contributed by atoms with Gasteiger partial charge in [-0.15, -0.1) is 0 Å². The number of benzene rings is 1. The zero-order valence-electron chi connectivity index (χ0n) is 15.0. The van der Waals surface area contributed by atoms with E-state index in [0.29, 0.717) is 0 Å². The molecule has 1 rings (SSSR count). The van der Waals surface area contributed by atoms with Crippen LogP contribution in [-0.2, 0) is 31.0 Å². The predicted molar refractivity (Wildman–Crippen MR) is 90.8 cm³/mol. The van der Waals surface area contributed by atoms with E-state index < -0.39 is 7.60 Å². The third kappa shape index (κ3) is 4.84. The van der Waals surface area contributed by atoms with E-state index in [9.17, 15) is 9.67 Å². The average molecular weight is 328 g/mol. The molecule has 0 amide bonds. The van der Waals surface area contributed by atoms with Gasteiger partial charge in [-0.25, -0.2) is 0 Å². The van der Waals surface area contributed by atoms with Gasteiger partial charge in [0, 0.05) is 13.8 Å². The Balaban J connectivity index is 3.35. The average Bonchev–Trinajstić information content (AvgIpc) is 2.34. The van der Waals surface area contributed by atoms with Crippen LogP contribution < -0.4 is 0 Å². The topological polar surface area (TPSA) is 55.8 Å². The molecular weight excluding hydrogens is 299 g/mol. The third-order valence-electron chi connectivity index (χ3n) is 3.62. The summed E-state index contributed by atoms with van der Waals surface area (Å²) in [5.41, 5.74) is 2.41. The Kier molecular flexibility index (Phi) is 5.55. The molecule has 1 aromatic carbocycles. The molecule has 0 aliphatic heterocycles. The number of phenolic OH excluding ortho intramolecular Hbond substituents is 1. The van der Waals surface area contributed by atoms with E-state index in [-0.39, 0.29) is 23.2 Å². The van der Waals surface area contributed by atoms with E-state index in [1.165, 1.54) is 13.8 Å². The zero-order valence-corrected chi connectivity index (χ0v) is 15.9. The van der Waals surface area contributed by atoms with Crippen molar-refractivity contribution < 1.29 is 18.7 Å². The molecule has 0 bridgehead atoms. The molecule has 0 aliphatic rings. The van der Waals surface area contributed by atoms with Crippen molar-refractivity contribution in [2.24, 2.45) is 0 Å². The fourth-order valence-corrected chi connectivity index (χ4v) is 2.77. The van der Waals surface area contributed by atoms with Gasteiger partial charge < -0.3 is 14.2 Å². The Bertz CT molecular complexity index is 580. The van der Waals surface area contributed by atoms with E-state index in [1.807, 2.05) is 26.8 Å². The number of hydrogen-bond donors (Lipinski definition) is 1. The first kappa shape index (κ1) is 19.2. The van der Waals surface area contributed by atoms with Gasteiger partial charge in [0.25, 0.3) is 0 Å². The Hall–Kier alpha value is -0.830. The van der Waals surface area contributed by atoms with Gasteiger partial charge in [0.2, 0.25) is 0 Å². The smallest absolute Gasteiger partial charge is 0.327 e. The zero-order chi connectivity index (χ0) is 17.3. The van der Waals surface area contributed by atoms with E-state index in [1.54, 1.807) is 6.07 Å². The van der Waals surface area contributed by atoms with E-state index >= 15 is 0 Å². The van der Waals surface area contributed by atoms with Gasteiger partial charge in [0.05, 0.1) is 6.61 Å². The highest BCUT2D eigenvalue weighted by Gasteiger charge is 2.26. The molecule has 1 atom stereocenters. The molecule has 1 unspecified atom stereocenters. The highest BCUT2D eigenvalue weighted by Crippen LogP contribution is 2.45. The van der Waals surface area contributed by atoms with Gasteiger partial charge in [-0.3, -0.25) is 4.57 Å². The summed E-state index contributed by atoms with van der Waals surface area (Å²) in [5.74, 6) is 0.285. The summed E-state index contributed by atoms with van der Waals surface area (Å²) in [6.07, 6.45) is 0. The van der Waals surface area contributed by atoms with Crippen LogP contribution in [0.3, 0.4) is 0 Å². The lowest BCUT2D eigenvalue weighted by atomic mass is 9.79. The molecule has 0 fully saturated rings. The summed E-state index contributed by atoms with van der Waals surface area (Å²) in [5, 5.41) is 10.4. The lowest BCUT2D eigenvalue weighted by molar-refractivity contribution is 0.229. The summed E-state index contributed by atoms with van der Waals surface area (Å²) >= 11 is 0. The van der Waals surface area contributed by atoms with Crippen molar-refractivity contribution in [1.29, 1.82) is 0 Å². The monoisotopic (exact) mass is 328 g/mol. The molecule has 0 radical (unpaired) electrons. The summed E-state index contributed by atoms with van der Waals surface area (Å²) in [7, 11) is -1.66. The summed E-state index contributed by atoms with van der Waals surface area (Å²) < 4.78 is 22.3. The van der Waals surface area contributed by atoms with Gasteiger partial charge in [0.1, 0.15) is 5.75 Å². The van der Waals surface area contributed by atoms with Gasteiger partial charge in [-0.05, 0) is 39.7 Å². The molecular formula is C17H29O4P. The minimum atomic E-state index is -3.04. The molecule has 1 aromatic rings. The van der Waals surface area contributed by atoms with Gasteiger partial charge in [0.15, 0.2) is 0 Å². The Morgan fingerprint density at radius 1 is 1.05 bits per heavy atom. The van der Waals surface area contributed by atoms with Crippen LogP contribution in [0, 0.1) is 0 Å². The molecule has 1 N–H and O–H groups in total. The maximum atomic E-state index is 12.0. The van der Waals surface area contributed by atoms with Crippen LogP contribution >= 0.6 is 7.60 Å². The van der Waals surface area contributed by atoms with Gasteiger partial charge >= 0.3 is 7.60 Å². The number of aromatic hydroxyl groups is 1. The van der Waals surface area contributed by atoms with Crippen LogP contribution in [0.4, 0.5) is 0 Å². The van der Waals surface area contributed by atoms with Crippen LogP contribution in [0.2, 0.25) is 0 Å². The number of phenols is 1. The standard InChI is InChI=1S/C17H29O4P/c1-16(2,3)13-10-15(18)14(17(4,5)6)9-12(13)11-21-22(8,19)20-7/h9-10,18H,11H2,1-8H3. The summed E-state index contributed by atoms with van der Waals surface area (Å²) in [6.45, 7) is 14.0. The van der Waals surface area contributed by atoms with Gasteiger partial charge in [-0.2, -0.15) is 0 Å². The first-order valence-corrected chi connectivity index (χ1v) is 9.41.